The van der Waals surface area contributed by atoms with E-state index in [0.29, 0.717) is 39.0 Å². The summed E-state index contributed by atoms with van der Waals surface area (Å²) in [5.74, 6) is 0.233. The van der Waals surface area contributed by atoms with Crippen LogP contribution < -0.4 is 26.0 Å². The van der Waals surface area contributed by atoms with E-state index in [1.807, 2.05) is 57.2 Å². The number of methoxy groups -OCH3 is 1. The summed E-state index contributed by atoms with van der Waals surface area (Å²) in [6, 6.07) is 9.03. The number of nitrogens with two attached hydrogens (primary N) is 1. The third kappa shape index (κ3) is 6.54. The van der Waals surface area contributed by atoms with Gasteiger partial charge in [0, 0.05) is 61.5 Å². The van der Waals surface area contributed by atoms with Crippen molar-refractivity contribution in [1.29, 1.82) is 0 Å². The van der Waals surface area contributed by atoms with Gasteiger partial charge in [0.2, 0.25) is 11.9 Å². The van der Waals surface area contributed by atoms with E-state index in [2.05, 4.69) is 32.0 Å². The lowest BCUT2D eigenvalue weighted by Gasteiger charge is -2.27. The Morgan fingerprint density at radius 1 is 1.24 bits per heavy atom. The number of rotatable bonds is 12. The van der Waals surface area contributed by atoms with Gasteiger partial charge in [0.1, 0.15) is 12.0 Å². The van der Waals surface area contributed by atoms with Crippen molar-refractivity contribution in [2.24, 2.45) is 12.8 Å². The van der Waals surface area contributed by atoms with Crippen LogP contribution in [0.15, 0.2) is 55.4 Å². The summed E-state index contributed by atoms with van der Waals surface area (Å²) in [4.78, 5) is 25.3. The van der Waals surface area contributed by atoms with Crippen LogP contribution in [0.2, 0.25) is 5.02 Å². The number of likely N-dealkylation sites (N-methyl/N-ethyl adjacent to an activating group) is 2. The number of anilines is 4. The van der Waals surface area contributed by atoms with Crippen molar-refractivity contribution in [2.75, 3.05) is 56.9 Å². The number of nitrogens with zero attached hydrogens (tertiary/aromatic N) is 5. The lowest BCUT2D eigenvalue weighted by Crippen LogP contribution is -2.29. The Bertz CT molecular complexity index is 1590. The molecule has 1 amide bonds. The molecular formula is C29H35ClN8O3. The van der Waals surface area contributed by atoms with Crippen molar-refractivity contribution in [2.45, 2.75) is 6.23 Å². The SMILES string of the molecule is C=CC(O)Nc1cc(Nc2ncc(Cl)c(-c3cc(C(N)=O)cc4c3ccn4C)n2)c(OC)cc1N(C)CCN(C)C. The second kappa shape index (κ2) is 12.5. The first-order valence-corrected chi connectivity index (χ1v) is 13.2. The minimum atomic E-state index is -0.971. The summed E-state index contributed by atoms with van der Waals surface area (Å²) in [5.41, 5.74) is 9.88. The second-order valence-corrected chi connectivity index (χ2v) is 10.3. The lowest BCUT2D eigenvalue weighted by atomic mass is 10.0. The number of ether oxygens (including phenoxy) is 1. The van der Waals surface area contributed by atoms with E-state index in [4.69, 9.17) is 27.1 Å². The Morgan fingerprint density at radius 2 is 2.00 bits per heavy atom. The molecule has 4 rings (SSSR count). The maximum absolute atomic E-state index is 12.1. The highest BCUT2D eigenvalue weighted by molar-refractivity contribution is 6.33. The number of hydrogen-bond donors (Lipinski definition) is 4. The second-order valence-electron chi connectivity index (χ2n) is 9.88. The minimum Gasteiger partial charge on any atom is -0.494 e. The minimum absolute atomic E-state index is 0.250. The van der Waals surface area contributed by atoms with E-state index < -0.39 is 12.1 Å². The number of hydrogen-bond acceptors (Lipinski definition) is 9. The van der Waals surface area contributed by atoms with Crippen molar-refractivity contribution in [3.63, 3.8) is 0 Å². The van der Waals surface area contributed by atoms with Crippen LogP contribution in [-0.4, -0.2) is 78.0 Å². The van der Waals surface area contributed by atoms with E-state index in [1.165, 1.54) is 12.3 Å². The predicted molar refractivity (Wildman–Crippen MR) is 165 cm³/mol. The van der Waals surface area contributed by atoms with Crippen LogP contribution in [0.25, 0.3) is 22.2 Å². The summed E-state index contributed by atoms with van der Waals surface area (Å²) in [5, 5.41) is 17.8. The van der Waals surface area contributed by atoms with E-state index in [1.54, 1.807) is 19.2 Å². The molecule has 0 saturated carbocycles. The van der Waals surface area contributed by atoms with Crippen LogP contribution in [0.4, 0.5) is 23.0 Å². The zero-order valence-corrected chi connectivity index (χ0v) is 24.5. The Morgan fingerprint density at radius 3 is 2.66 bits per heavy atom. The Balaban J connectivity index is 1.78. The van der Waals surface area contributed by atoms with Crippen molar-refractivity contribution in [3.8, 4) is 17.0 Å². The van der Waals surface area contributed by atoms with E-state index in [9.17, 15) is 9.90 Å². The van der Waals surface area contributed by atoms with Crippen LogP contribution in [-0.2, 0) is 7.05 Å². The monoisotopic (exact) mass is 578 g/mol. The molecule has 2 aromatic heterocycles. The summed E-state index contributed by atoms with van der Waals surface area (Å²) in [6.45, 7) is 5.23. The van der Waals surface area contributed by atoms with Gasteiger partial charge in [-0.1, -0.05) is 18.2 Å². The average Bonchev–Trinajstić information content (AvgIpc) is 3.32. The number of fused-ring (bicyclic) bond motifs is 1. The highest BCUT2D eigenvalue weighted by atomic mass is 35.5. The zero-order valence-electron chi connectivity index (χ0n) is 23.8. The smallest absolute Gasteiger partial charge is 0.248 e. The fourth-order valence-corrected chi connectivity index (χ4v) is 4.60. The first-order chi connectivity index (χ1) is 19.5. The third-order valence-electron chi connectivity index (χ3n) is 6.67. The fourth-order valence-electron chi connectivity index (χ4n) is 4.40. The van der Waals surface area contributed by atoms with Crippen LogP contribution in [0.1, 0.15) is 10.4 Å². The van der Waals surface area contributed by atoms with Crippen molar-refractivity contribution >= 4 is 51.4 Å². The van der Waals surface area contributed by atoms with Crippen molar-refractivity contribution < 1.29 is 14.6 Å². The molecule has 216 valence electrons. The van der Waals surface area contributed by atoms with Crippen LogP contribution in [0.5, 0.6) is 5.75 Å². The maximum atomic E-state index is 12.1. The van der Waals surface area contributed by atoms with Gasteiger partial charge in [-0.25, -0.2) is 9.97 Å². The van der Waals surface area contributed by atoms with Gasteiger partial charge in [-0.2, -0.15) is 0 Å². The first-order valence-electron chi connectivity index (χ1n) is 12.9. The van der Waals surface area contributed by atoms with Gasteiger partial charge in [0.25, 0.3) is 0 Å². The van der Waals surface area contributed by atoms with Crippen LogP contribution in [0, 0.1) is 0 Å². The third-order valence-corrected chi connectivity index (χ3v) is 6.95. The first kappa shape index (κ1) is 29.7. The number of aromatic nitrogens is 3. The Labute approximate surface area is 244 Å². The maximum Gasteiger partial charge on any atom is 0.248 e. The average molecular weight is 579 g/mol. The topological polar surface area (TPSA) is 134 Å². The summed E-state index contributed by atoms with van der Waals surface area (Å²) >= 11 is 6.58. The number of amides is 1. The van der Waals surface area contributed by atoms with Crippen LogP contribution in [0.3, 0.4) is 0 Å². The molecule has 2 aromatic carbocycles. The fraction of sp³-hybridized carbons (Fsp3) is 0.276. The lowest BCUT2D eigenvalue weighted by molar-refractivity contribution is 0.100. The highest BCUT2D eigenvalue weighted by Crippen LogP contribution is 2.39. The zero-order chi connectivity index (χ0) is 29.8. The van der Waals surface area contributed by atoms with Gasteiger partial charge in [-0.15, -0.1) is 0 Å². The summed E-state index contributed by atoms with van der Waals surface area (Å²) in [7, 11) is 9.44. The van der Waals surface area contributed by atoms with Crippen LogP contribution >= 0.6 is 11.6 Å². The van der Waals surface area contributed by atoms with Gasteiger partial charge >= 0.3 is 0 Å². The molecule has 0 bridgehead atoms. The number of carbonyl (C=O) groups is 1. The number of nitrogens with one attached hydrogen (secondary N) is 2. The number of aliphatic hydroxyl groups is 1. The number of benzene rings is 2. The largest absolute Gasteiger partial charge is 0.494 e. The van der Waals surface area contributed by atoms with Crippen molar-refractivity contribution in [3.05, 3.63) is 66.0 Å². The molecule has 0 aliphatic heterocycles. The predicted octanol–water partition coefficient (Wildman–Crippen LogP) is 4.05. The molecule has 0 spiro atoms. The van der Waals surface area contributed by atoms with E-state index >= 15 is 0 Å². The Hall–Kier alpha value is -4.32. The molecule has 2 heterocycles. The van der Waals surface area contributed by atoms with Gasteiger partial charge in [-0.05, 0) is 44.4 Å². The molecular weight excluding hydrogens is 544 g/mol. The van der Waals surface area contributed by atoms with E-state index in [0.717, 1.165) is 29.7 Å². The molecule has 5 N–H and O–H groups in total. The van der Waals surface area contributed by atoms with Gasteiger partial charge < -0.3 is 40.6 Å². The molecule has 41 heavy (non-hydrogen) atoms. The quantitative estimate of drug-likeness (QED) is 0.145. The summed E-state index contributed by atoms with van der Waals surface area (Å²) in [6.07, 6.45) is 3.82. The number of carbonyl (C=O) groups excluding carboxylic acids is 1. The number of halogens is 1. The molecule has 1 unspecified atom stereocenters. The molecule has 0 saturated heterocycles. The molecule has 1 atom stereocenters. The Kier molecular flexibility index (Phi) is 9.01. The molecule has 0 aliphatic carbocycles. The molecule has 0 fully saturated rings. The molecule has 11 nitrogen and oxygen atoms in total. The van der Waals surface area contributed by atoms with Gasteiger partial charge in [0.15, 0.2) is 0 Å². The molecule has 12 heteroatoms. The van der Waals surface area contributed by atoms with E-state index in [-0.39, 0.29) is 5.95 Å². The standard InChI is InChI=1S/C29H35ClN8O3/c1-7-26(39)33-21-14-22(25(41-6)15-24(21)38(5)11-10-36(2)3)34-29-32-16-20(30)27(35-29)19-12-17(28(31)40)13-23-18(19)8-9-37(23)4/h7-9,12-16,26,33,39H,1,10-11H2,2-6H3,(H2,31,40)(H,32,34,35). The normalized spacial score (nSPS) is 11.9. The molecule has 0 radical (unpaired) electrons. The molecule has 0 aliphatic rings. The van der Waals surface area contributed by atoms with Gasteiger partial charge in [0.05, 0.1) is 41.1 Å². The highest BCUT2D eigenvalue weighted by Gasteiger charge is 2.19. The number of aliphatic hydroxyl groups excluding tert-OH is 1. The number of aryl methyl sites for hydroxylation is 1. The molecule has 4 aromatic rings. The van der Waals surface area contributed by atoms with Crippen molar-refractivity contribution in [1.82, 2.24) is 19.4 Å². The van der Waals surface area contributed by atoms with Gasteiger partial charge in [-0.3, -0.25) is 4.79 Å². The summed E-state index contributed by atoms with van der Waals surface area (Å²) < 4.78 is 7.61. The number of primary amides is 1.